The minimum Gasteiger partial charge on any atom is -0.122 e. The third kappa shape index (κ3) is 1.53. The molecule has 0 radical (unpaired) electrons. The van der Waals surface area contributed by atoms with Crippen molar-refractivity contribution in [1.29, 1.82) is 0 Å². The van der Waals surface area contributed by atoms with Gasteiger partial charge in [0.25, 0.3) is 0 Å². The second-order valence-corrected chi connectivity index (χ2v) is 3.51. The molecular formula is C13H11Cl. The smallest absolute Gasteiger partial charge is 0.0474 e. The van der Waals surface area contributed by atoms with Crippen LogP contribution in [0, 0.1) is 0 Å². The molecule has 0 N–H and O–H groups in total. The fourth-order valence-corrected chi connectivity index (χ4v) is 1.80. The van der Waals surface area contributed by atoms with Crippen molar-refractivity contribution in [2.75, 3.05) is 0 Å². The average molecular weight is 203 g/mol. The molecule has 0 fully saturated rings. The van der Waals surface area contributed by atoms with Crippen LogP contribution in [0.3, 0.4) is 0 Å². The Hall–Kier alpha value is -1.27. The SMILES string of the molecule is C=Cc1cc(CCl)cc2ccccc12. The Labute approximate surface area is 88.8 Å². The number of fused-ring (bicyclic) bond motifs is 1. The van der Waals surface area contributed by atoms with Gasteiger partial charge in [-0.15, -0.1) is 11.6 Å². The normalized spacial score (nSPS) is 10.4. The summed E-state index contributed by atoms with van der Waals surface area (Å²) < 4.78 is 0. The third-order valence-corrected chi connectivity index (χ3v) is 2.64. The first kappa shape index (κ1) is 9.29. The summed E-state index contributed by atoms with van der Waals surface area (Å²) in [6.45, 7) is 3.81. The van der Waals surface area contributed by atoms with Crippen molar-refractivity contribution in [3.8, 4) is 0 Å². The Morgan fingerprint density at radius 3 is 2.71 bits per heavy atom. The predicted octanol–water partition coefficient (Wildman–Crippen LogP) is 4.22. The molecule has 70 valence electrons. The highest BCUT2D eigenvalue weighted by molar-refractivity contribution is 6.17. The first-order chi connectivity index (χ1) is 6.85. The summed E-state index contributed by atoms with van der Waals surface area (Å²) in [5, 5.41) is 2.46. The quantitative estimate of drug-likeness (QED) is 0.640. The van der Waals surface area contributed by atoms with Gasteiger partial charge in [-0.05, 0) is 34.0 Å². The maximum atomic E-state index is 5.82. The van der Waals surface area contributed by atoms with Gasteiger partial charge in [0, 0.05) is 5.88 Å². The van der Waals surface area contributed by atoms with Gasteiger partial charge in [0.2, 0.25) is 0 Å². The molecule has 0 nitrogen and oxygen atoms in total. The molecule has 0 saturated carbocycles. The lowest BCUT2D eigenvalue weighted by Gasteiger charge is -2.04. The molecule has 0 aliphatic carbocycles. The number of rotatable bonds is 2. The molecule has 0 amide bonds. The summed E-state index contributed by atoms with van der Waals surface area (Å²) in [7, 11) is 0. The molecule has 0 saturated heterocycles. The van der Waals surface area contributed by atoms with Gasteiger partial charge >= 0.3 is 0 Å². The second kappa shape index (κ2) is 3.85. The van der Waals surface area contributed by atoms with E-state index in [-0.39, 0.29) is 0 Å². The van der Waals surface area contributed by atoms with Crippen LogP contribution in [0.1, 0.15) is 11.1 Å². The zero-order valence-corrected chi connectivity index (χ0v) is 8.59. The largest absolute Gasteiger partial charge is 0.122 e. The van der Waals surface area contributed by atoms with E-state index >= 15 is 0 Å². The predicted molar refractivity (Wildman–Crippen MR) is 63.6 cm³/mol. The first-order valence-corrected chi connectivity index (χ1v) is 5.08. The molecule has 1 heteroatoms. The van der Waals surface area contributed by atoms with Crippen molar-refractivity contribution in [3.63, 3.8) is 0 Å². The monoisotopic (exact) mass is 202 g/mol. The van der Waals surface area contributed by atoms with Gasteiger partial charge in [0.1, 0.15) is 0 Å². The molecule has 0 aliphatic rings. The van der Waals surface area contributed by atoms with Gasteiger partial charge in [-0.3, -0.25) is 0 Å². The van der Waals surface area contributed by atoms with Crippen molar-refractivity contribution in [3.05, 3.63) is 54.1 Å². The highest BCUT2D eigenvalue weighted by Gasteiger charge is 1.99. The van der Waals surface area contributed by atoms with Crippen LogP contribution < -0.4 is 0 Å². The van der Waals surface area contributed by atoms with E-state index in [1.807, 2.05) is 18.2 Å². The van der Waals surface area contributed by atoms with Gasteiger partial charge in [-0.25, -0.2) is 0 Å². The van der Waals surface area contributed by atoms with E-state index < -0.39 is 0 Å². The minimum absolute atomic E-state index is 0.547. The Balaban J connectivity index is 2.79. The zero-order valence-electron chi connectivity index (χ0n) is 7.83. The van der Waals surface area contributed by atoms with Gasteiger partial charge in [-0.1, -0.05) is 36.9 Å². The molecule has 14 heavy (non-hydrogen) atoms. The van der Waals surface area contributed by atoms with E-state index in [0.29, 0.717) is 5.88 Å². The topological polar surface area (TPSA) is 0 Å². The summed E-state index contributed by atoms with van der Waals surface area (Å²) >= 11 is 5.82. The number of hydrogen-bond acceptors (Lipinski definition) is 0. The number of benzene rings is 2. The molecule has 2 rings (SSSR count). The lowest BCUT2D eigenvalue weighted by atomic mass is 10.0. The molecule has 0 atom stereocenters. The summed E-state index contributed by atoms with van der Waals surface area (Å²) in [4.78, 5) is 0. The lowest BCUT2D eigenvalue weighted by Crippen LogP contribution is -1.83. The van der Waals surface area contributed by atoms with Gasteiger partial charge in [0.05, 0.1) is 0 Å². The van der Waals surface area contributed by atoms with Crippen molar-refractivity contribution >= 4 is 28.4 Å². The van der Waals surface area contributed by atoms with Gasteiger partial charge in [0.15, 0.2) is 0 Å². The Morgan fingerprint density at radius 1 is 1.21 bits per heavy atom. The van der Waals surface area contributed by atoms with Crippen LogP contribution in [-0.4, -0.2) is 0 Å². The van der Waals surface area contributed by atoms with Crippen LogP contribution in [0.15, 0.2) is 43.0 Å². The molecule has 0 spiro atoms. The summed E-state index contributed by atoms with van der Waals surface area (Å²) in [6, 6.07) is 12.5. The van der Waals surface area contributed by atoms with E-state index in [9.17, 15) is 0 Å². The van der Waals surface area contributed by atoms with E-state index in [0.717, 1.165) is 11.1 Å². The molecule has 2 aromatic rings. The fourth-order valence-electron chi connectivity index (χ4n) is 1.65. The highest BCUT2D eigenvalue weighted by Crippen LogP contribution is 2.22. The lowest BCUT2D eigenvalue weighted by molar-refractivity contribution is 1.42. The summed E-state index contributed by atoms with van der Waals surface area (Å²) in [6.07, 6.45) is 1.87. The molecule has 0 aromatic heterocycles. The standard InChI is InChI=1S/C13H11Cl/c1-2-11-7-10(9-14)8-12-5-3-4-6-13(11)12/h2-8H,1,9H2. The summed E-state index contributed by atoms with van der Waals surface area (Å²) in [5.41, 5.74) is 2.29. The van der Waals surface area contributed by atoms with Crippen molar-refractivity contribution in [2.45, 2.75) is 5.88 Å². The van der Waals surface area contributed by atoms with Crippen LogP contribution in [0.4, 0.5) is 0 Å². The van der Waals surface area contributed by atoms with Crippen LogP contribution in [-0.2, 0) is 5.88 Å². The molecule has 0 bridgehead atoms. The molecule has 0 heterocycles. The Kier molecular flexibility index (Phi) is 2.55. The maximum Gasteiger partial charge on any atom is 0.0474 e. The van der Waals surface area contributed by atoms with Crippen molar-refractivity contribution in [1.82, 2.24) is 0 Å². The van der Waals surface area contributed by atoms with Crippen LogP contribution in [0.5, 0.6) is 0 Å². The molecular weight excluding hydrogens is 192 g/mol. The van der Waals surface area contributed by atoms with Gasteiger partial charge in [-0.2, -0.15) is 0 Å². The number of alkyl halides is 1. The Bertz CT molecular complexity index is 472. The number of halogens is 1. The molecule has 0 unspecified atom stereocenters. The highest BCUT2D eigenvalue weighted by atomic mass is 35.5. The van der Waals surface area contributed by atoms with Gasteiger partial charge < -0.3 is 0 Å². The van der Waals surface area contributed by atoms with Crippen LogP contribution in [0.2, 0.25) is 0 Å². The second-order valence-electron chi connectivity index (χ2n) is 3.24. The first-order valence-electron chi connectivity index (χ1n) is 4.55. The Morgan fingerprint density at radius 2 is 2.00 bits per heavy atom. The zero-order chi connectivity index (χ0) is 9.97. The minimum atomic E-state index is 0.547. The molecule has 2 aromatic carbocycles. The van der Waals surface area contributed by atoms with Crippen LogP contribution in [0.25, 0.3) is 16.8 Å². The van der Waals surface area contributed by atoms with E-state index in [2.05, 4.69) is 30.8 Å². The third-order valence-electron chi connectivity index (χ3n) is 2.33. The maximum absolute atomic E-state index is 5.82. The molecule has 0 aliphatic heterocycles. The fraction of sp³-hybridized carbons (Fsp3) is 0.0769. The van der Waals surface area contributed by atoms with Crippen molar-refractivity contribution < 1.29 is 0 Å². The van der Waals surface area contributed by atoms with E-state index in [1.54, 1.807) is 0 Å². The summed E-state index contributed by atoms with van der Waals surface area (Å²) in [5.74, 6) is 0.547. The van der Waals surface area contributed by atoms with E-state index in [1.165, 1.54) is 10.8 Å². The van der Waals surface area contributed by atoms with Crippen LogP contribution >= 0.6 is 11.6 Å². The van der Waals surface area contributed by atoms with Crippen molar-refractivity contribution in [2.24, 2.45) is 0 Å². The number of hydrogen-bond donors (Lipinski definition) is 0. The average Bonchev–Trinajstić information content (AvgIpc) is 2.27. The van der Waals surface area contributed by atoms with E-state index in [4.69, 9.17) is 11.6 Å².